The van der Waals surface area contributed by atoms with Gasteiger partial charge in [-0.2, -0.15) is 0 Å². The van der Waals surface area contributed by atoms with Crippen LogP contribution in [0.5, 0.6) is 5.75 Å². The number of hydrogen-bond donors (Lipinski definition) is 0. The first-order chi connectivity index (χ1) is 12.8. The van der Waals surface area contributed by atoms with E-state index in [0.29, 0.717) is 10.5 Å². The molecule has 1 unspecified atom stereocenters. The van der Waals surface area contributed by atoms with Gasteiger partial charge in [0.1, 0.15) is 16.2 Å². The first kappa shape index (κ1) is 24.1. The number of benzene rings is 1. The highest BCUT2D eigenvalue weighted by molar-refractivity contribution is 8.13. The quantitative estimate of drug-likeness (QED) is 0.289. The van der Waals surface area contributed by atoms with E-state index in [1.165, 1.54) is 11.8 Å². The molecule has 27 heavy (non-hydrogen) atoms. The third-order valence-corrected chi connectivity index (χ3v) is 6.17. The minimum absolute atomic E-state index is 0.0421. The summed E-state index contributed by atoms with van der Waals surface area (Å²) in [6.07, 6.45) is 1.84. The van der Waals surface area contributed by atoms with Gasteiger partial charge < -0.3 is 9.16 Å². The molecule has 0 N–H and O–H groups in total. The van der Waals surface area contributed by atoms with Crippen LogP contribution in [-0.4, -0.2) is 96.8 Å². The Morgan fingerprint density at radius 3 is 2.11 bits per heavy atom. The summed E-state index contributed by atoms with van der Waals surface area (Å²) in [4.78, 5) is 18.6. The van der Waals surface area contributed by atoms with Crippen molar-refractivity contribution in [3.8, 4) is 5.75 Å². The van der Waals surface area contributed by atoms with Crippen molar-refractivity contribution in [2.75, 3.05) is 54.6 Å². The number of likely N-dealkylation sites (N-methyl/N-ethyl adjacent to an activating group) is 3. The fourth-order valence-corrected chi connectivity index (χ4v) is 4.92. The van der Waals surface area contributed by atoms with E-state index in [1.807, 2.05) is 30.3 Å². The summed E-state index contributed by atoms with van der Waals surface area (Å²) in [5.41, 5.74) is 0. The minimum atomic E-state index is -0.327. The molecular weight excluding hydrogens is 378 g/mol. The third-order valence-electron chi connectivity index (χ3n) is 4.66. The molecule has 0 saturated heterocycles. The van der Waals surface area contributed by atoms with Crippen LogP contribution in [0.2, 0.25) is 0 Å². The van der Waals surface area contributed by atoms with Gasteiger partial charge in [-0.15, -0.1) is 0 Å². The van der Waals surface area contributed by atoms with E-state index < -0.39 is 0 Å². The van der Waals surface area contributed by atoms with Crippen LogP contribution in [0.4, 0.5) is 0 Å². The van der Waals surface area contributed by atoms with E-state index in [1.54, 1.807) is 0 Å². The molecule has 0 spiro atoms. The lowest BCUT2D eigenvalue weighted by atomic mass is 10.0. The standard InChI is InChI=1S/C19H35N3O3SSi/c1-20(2)19(21(3)4,22(5)6)17(25-27)13-10-14-26-18(23)15-24-16-11-8-7-9-12-16/h7-9,11-12,17H,10,13-15H2,1-6,27H3. The highest BCUT2D eigenvalue weighted by Crippen LogP contribution is 2.28. The van der Waals surface area contributed by atoms with Gasteiger partial charge in [-0.1, -0.05) is 30.0 Å². The molecule has 1 aromatic rings. The summed E-state index contributed by atoms with van der Waals surface area (Å²) < 4.78 is 11.5. The molecular formula is C19H35N3O3SSi. The molecule has 1 rings (SSSR count). The first-order valence-corrected chi connectivity index (χ1v) is 11.0. The van der Waals surface area contributed by atoms with Crippen LogP contribution in [0, 0.1) is 0 Å². The topological polar surface area (TPSA) is 45.3 Å². The van der Waals surface area contributed by atoms with Gasteiger partial charge in [0.15, 0.2) is 12.4 Å². The zero-order valence-corrected chi connectivity index (χ0v) is 20.6. The number of hydrogen-bond acceptors (Lipinski definition) is 7. The molecule has 0 aliphatic heterocycles. The minimum Gasteiger partial charge on any atom is -0.485 e. The highest BCUT2D eigenvalue weighted by atomic mass is 32.2. The van der Waals surface area contributed by atoms with Crippen molar-refractivity contribution in [2.45, 2.75) is 24.7 Å². The van der Waals surface area contributed by atoms with E-state index in [2.05, 4.69) is 57.0 Å². The number of carbonyl (C=O) groups excluding carboxylic acids is 1. The van der Waals surface area contributed by atoms with Crippen LogP contribution in [0.15, 0.2) is 30.3 Å². The second kappa shape index (κ2) is 11.8. The maximum atomic E-state index is 12.0. The molecule has 0 amide bonds. The van der Waals surface area contributed by atoms with Crippen LogP contribution >= 0.6 is 11.8 Å². The van der Waals surface area contributed by atoms with Gasteiger partial charge in [0.25, 0.3) is 0 Å². The molecule has 0 radical (unpaired) electrons. The first-order valence-electron chi connectivity index (χ1n) is 9.15. The number of para-hydroxylation sites is 1. The molecule has 0 heterocycles. The van der Waals surface area contributed by atoms with E-state index in [-0.39, 0.29) is 23.6 Å². The molecule has 0 aromatic heterocycles. The average molecular weight is 414 g/mol. The smallest absolute Gasteiger partial charge is 0.226 e. The maximum Gasteiger partial charge on any atom is 0.226 e. The van der Waals surface area contributed by atoms with Gasteiger partial charge in [-0.05, 0) is 67.3 Å². The van der Waals surface area contributed by atoms with E-state index in [9.17, 15) is 4.79 Å². The molecule has 154 valence electrons. The molecule has 0 saturated carbocycles. The summed E-state index contributed by atoms with van der Waals surface area (Å²) in [5, 5.41) is 0.0567. The van der Waals surface area contributed by atoms with Crippen LogP contribution < -0.4 is 4.74 Å². The van der Waals surface area contributed by atoms with Gasteiger partial charge in [-0.3, -0.25) is 19.5 Å². The lowest BCUT2D eigenvalue weighted by Gasteiger charge is -2.53. The van der Waals surface area contributed by atoms with Gasteiger partial charge in [0.2, 0.25) is 5.12 Å². The summed E-state index contributed by atoms with van der Waals surface area (Å²) in [5.74, 6) is 1.17. The molecule has 1 aromatic carbocycles. The summed E-state index contributed by atoms with van der Waals surface area (Å²) >= 11 is 1.34. The Labute approximate surface area is 171 Å². The van der Waals surface area contributed by atoms with Crippen molar-refractivity contribution < 1.29 is 14.0 Å². The van der Waals surface area contributed by atoms with Gasteiger partial charge >= 0.3 is 0 Å². The molecule has 0 aliphatic carbocycles. The predicted molar refractivity (Wildman–Crippen MR) is 117 cm³/mol. The van der Waals surface area contributed by atoms with E-state index in [0.717, 1.165) is 24.3 Å². The Balaban J connectivity index is 2.50. The third kappa shape index (κ3) is 6.58. The SMILES string of the molecule is CN(C)C(C(CCCSC(=O)COc1ccccc1)O[SiH3])(N(C)C)N(C)C. The molecule has 8 heteroatoms. The predicted octanol–water partition coefficient (Wildman–Crippen LogP) is 1.11. The Morgan fingerprint density at radius 2 is 1.63 bits per heavy atom. The number of nitrogens with zero attached hydrogens (tertiary/aromatic N) is 3. The number of carbonyl (C=O) groups is 1. The van der Waals surface area contributed by atoms with Gasteiger partial charge in [0.05, 0.1) is 6.10 Å². The van der Waals surface area contributed by atoms with Crippen molar-refractivity contribution in [3.05, 3.63) is 30.3 Å². The van der Waals surface area contributed by atoms with Crippen molar-refractivity contribution >= 4 is 27.4 Å². The monoisotopic (exact) mass is 413 g/mol. The average Bonchev–Trinajstić information content (AvgIpc) is 2.62. The van der Waals surface area contributed by atoms with Crippen LogP contribution in [0.3, 0.4) is 0 Å². The van der Waals surface area contributed by atoms with Crippen LogP contribution in [-0.2, 0) is 9.22 Å². The maximum absolute atomic E-state index is 12.0. The number of rotatable bonds is 12. The molecule has 0 fully saturated rings. The van der Waals surface area contributed by atoms with Crippen molar-refractivity contribution in [1.29, 1.82) is 0 Å². The summed E-state index contributed by atoms with van der Waals surface area (Å²) in [6.45, 7) is 0.104. The Hall–Kier alpha value is -0.903. The zero-order chi connectivity index (χ0) is 20.4. The molecule has 0 aliphatic rings. The van der Waals surface area contributed by atoms with Crippen LogP contribution in [0.1, 0.15) is 12.8 Å². The fraction of sp³-hybridized carbons (Fsp3) is 0.632. The van der Waals surface area contributed by atoms with Crippen LogP contribution in [0.25, 0.3) is 0 Å². The van der Waals surface area contributed by atoms with Crippen molar-refractivity contribution in [1.82, 2.24) is 14.7 Å². The van der Waals surface area contributed by atoms with Crippen molar-refractivity contribution in [3.63, 3.8) is 0 Å². The summed E-state index contributed by atoms with van der Waals surface area (Å²) in [7, 11) is 13.1. The zero-order valence-electron chi connectivity index (χ0n) is 17.8. The largest absolute Gasteiger partial charge is 0.485 e. The molecule has 1 atom stereocenters. The Kier molecular flexibility index (Phi) is 10.6. The Bertz CT molecular complexity index is 537. The second-order valence-electron chi connectivity index (χ2n) is 7.06. The normalized spacial score (nSPS) is 13.5. The molecule has 0 bridgehead atoms. The number of ether oxygens (including phenoxy) is 1. The summed E-state index contributed by atoms with van der Waals surface area (Å²) in [6, 6.07) is 9.43. The molecule has 6 nitrogen and oxygen atoms in total. The highest BCUT2D eigenvalue weighted by Gasteiger charge is 2.45. The lowest BCUT2D eigenvalue weighted by Crippen LogP contribution is -2.70. The van der Waals surface area contributed by atoms with Gasteiger partial charge in [-0.25, -0.2) is 0 Å². The van der Waals surface area contributed by atoms with E-state index in [4.69, 9.17) is 9.16 Å². The number of thioether (sulfide) groups is 1. The van der Waals surface area contributed by atoms with Crippen molar-refractivity contribution in [2.24, 2.45) is 0 Å². The Morgan fingerprint density at radius 1 is 1.07 bits per heavy atom. The second-order valence-corrected chi connectivity index (χ2v) is 8.68. The lowest BCUT2D eigenvalue weighted by molar-refractivity contribution is -0.172. The van der Waals surface area contributed by atoms with Gasteiger partial charge in [0, 0.05) is 5.75 Å². The fourth-order valence-electron chi connectivity index (χ4n) is 3.69. The van der Waals surface area contributed by atoms with E-state index >= 15 is 0 Å².